The molecule has 1 heterocycles. The van der Waals surface area contributed by atoms with Crippen LogP contribution < -0.4 is 11.1 Å². The van der Waals surface area contributed by atoms with E-state index < -0.39 is 18.1 Å². The maximum atomic E-state index is 12.8. The van der Waals surface area contributed by atoms with Crippen molar-refractivity contribution in [2.24, 2.45) is 17.6 Å². The molecule has 1 saturated heterocycles. The van der Waals surface area contributed by atoms with E-state index in [-0.39, 0.29) is 30.7 Å². The summed E-state index contributed by atoms with van der Waals surface area (Å²) in [5.74, 6) is -1.46. The predicted molar refractivity (Wildman–Crippen MR) is 78.4 cm³/mol. The van der Waals surface area contributed by atoms with Crippen LogP contribution in [0.15, 0.2) is 0 Å². The van der Waals surface area contributed by atoms with Crippen molar-refractivity contribution in [2.45, 2.75) is 57.2 Å². The quantitative estimate of drug-likeness (QED) is 0.831. The van der Waals surface area contributed by atoms with E-state index in [0.717, 1.165) is 0 Å². The lowest BCUT2D eigenvalue weighted by atomic mass is 9.85. The maximum absolute atomic E-state index is 12.8. The van der Waals surface area contributed by atoms with Gasteiger partial charge in [-0.05, 0) is 38.0 Å². The van der Waals surface area contributed by atoms with E-state index in [9.17, 15) is 22.8 Å². The van der Waals surface area contributed by atoms with E-state index >= 15 is 0 Å². The number of alkyl halides is 3. The number of nitrogens with two attached hydrogens (primary N) is 1. The molecule has 2 fully saturated rings. The first kappa shape index (κ1) is 17.9. The zero-order chi connectivity index (χ0) is 17.0. The van der Waals surface area contributed by atoms with Gasteiger partial charge in [0.05, 0.1) is 5.92 Å². The summed E-state index contributed by atoms with van der Waals surface area (Å²) in [6.07, 6.45) is -1.27. The van der Waals surface area contributed by atoms with Gasteiger partial charge in [0.25, 0.3) is 0 Å². The molecule has 2 atom stereocenters. The van der Waals surface area contributed by atoms with Crippen LogP contribution in [0.1, 0.15) is 44.9 Å². The summed E-state index contributed by atoms with van der Waals surface area (Å²) in [7, 11) is 0. The van der Waals surface area contributed by atoms with Gasteiger partial charge in [0.2, 0.25) is 5.91 Å². The lowest BCUT2D eigenvalue weighted by Gasteiger charge is -2.35. The summed E-state index contributed by atoms with van der Waals surface area (Å²) in [6, 6.07) is -0.707. The summed E-state index contributed by atoms with van der Waals surface area (Å²) in [5, 5.41) is 2.74. The number of urea groups is 1. The van der Waals surface area contributed by atoms with Gasteiger partial charge in [-0.3, -0.25) is 4.79 Å². The van der Waals surface area contributed by atoms with Crippen LogP contribution in [-0.2, 0) is 4.79 Å². The molecule has 0 aromatic rings. The average molecular weight is 335 g/mol. The first-order chi connectivity index (χ1) is 10.8. The van der Waals surface area contributed by atoms with Crippen LogP contribution in [0.25, 0.3) is 0 Å². The summed E-state index contributed by atoms with van der Waals surface area (Å²) < 4.78 is 38.4. The highest BCUT2D eigenvalue weighted by atomic mass is 19.4. The molecule has 3 N–H and O–H groups in total. The van der Waals surface area contributed by atoms with Gasteiger partial charge < -0.3 is 16.0 Å². The average Bonchev–Trinajstić information content (AvgIpc) is 2.46. The maximum Gasteiger partial charge on any atom is 0.391 e. The van der Waals surface area contributed by atoms with E-state index in [1.807, 2.05) is 0 Å². The molecule has 2 aliphatic rings. The second-order valence-corrected chi connectivity index (χ2v) is 6.65. The van der Waals surface area contributed by atoms with Crippen molar-refractivity contribution in [3.05, 3.63) is 0 Å². The van der Waals surface area contributed by atoms with E-state index in [4.69, 9.17) is 5.73 Å². The number of carbonyl (C=O) groups is 2. The Morgan fingerprint density at radius 3 is 2.35 bits per heavy atom. The third-order valence-corrected chi connectivity index (χ3v) is 4.86. The molecule has 2 rings (SSSR count). The SMILES string of the molecule is NC(=O)CC1CCN(C(=O)N[C@H]2CCC[C@@H](C(F)(F)F)C2)CC1. The second-order valence-electron chi connectivity index (χ2n) is 6.65. The number of hydrogen-bond acceptors (Lipinski definition) is 2. The van der Waals surface area contributed by atoms with Crippen molar-refractivity contribution in [3.63, 3.8) is 0 Å². The third kappa shape index (κ3) is 5.28. The Hall–Kier alpha value is -1.47. The summed E-state index contributed by atoms with van der Waals surface area (Å²) in [4.78, 5) is 24.7. The standard InChI is InChI=1S/C15H24F3N3O2/c16-15(17,18)11-2-1-3-12(9-11)20-14(23)21-6-4-10(5-7-21)8-13(19)22/h10-12H,1-9H2,(H2,19,22)(H,20,23)/t11-,12+/m1/s1. The molecule has 0 unspecified atom stereocenters. The Kier molecular flexibility index (Phi) is 5.75. The zero-order valence-corrected chi connectivity index (χ0v) is 13.1. The second kappa shape index (κ2) is 7.40. The van der Waals surface area contributed by atoms with Gasteiger partial charge in [0.1, 0.15) is 0 Å². The minimum Gasteiger partial charge on any atom is -0.370 e. The Morgan fingerprint density at radius 1 is 1.13 bits per heavy atom. The summed E-state index contributed by atoms with van der Waals surface area (Å²) in [5.41, 5.74) is 5.17. The Balaban J connectivity index is 1.78. The van der Waals surface area contributed by atoms with Crippen molar-refractivity contribution < 1.29 is 22.8 Å². The van der Waals surface area contributed by atoms with Crippen LogP contribution in [0.5, 0.6) is 0 Å². The molecule has 23 heavy (non-hydrogen) atoms. The van der Waals surface area contributed by atoms with Gasteiger partial charge in [-0.25, -0.2) is 4.79 Å². The number of carbonyl (C=O) groups excluding carboxylic acids is 2. The van der Waals surface area contributed by atoms with E-state index in [1.165, 1.54) is 0 Å². The van der Waals surface area contributed by atoms with Crippen molar-refractivity contribution >= 4 is 11.9 Å². The number of amides is 3. The predicted octanol–water partition coefficient (Wildman–Crippen LogP) is 2.40. The fourth-order valence-electron chi connectivity index (χ4n) is 3.51. The Bertz CT molecular complexity index is 434. The van der Waals surface area contributed by atoms with E-state index in [1.54, 1.807) is 4.90 Å². The van der Waals surface area contributed by atoms with Crippen molar-refractivity contribution in [2.75, 3.05) is 13.1 Å². The minimum atomic E-state index is -4.18. The first-order valence-corrected chi connectivity index (χ1v) is 8.16. The van der Waals surface area contributed by atoms with Gasteiger partial charge in [0.15, 0.2) is 0 Å². The number of piperidine rings is 1. The first-order valence-electron chi connectivity index (χ1n) is 8.16. The van der Waals surface area contributed by atoms with Crippen molar-refractivity contribution in [3.8, 4) is 0 Å². The number of halogens is 3. The van der Waals surface area contributed by atoms with E-state index in [2.05, 4.69) is 5.32 Å². The molecule has 132 valence electrons. The number of nitrogens with zero attached hydrogens (tertiary/aromatic N) is 1. The number of nitrogens with one attached hydrogen (secondary N) is 1. The number of hydrogen-bond donors (Lipinski definition) is 2. The highest BCUT2D eigenvalue weighted by Crippen LogP contribution is 2.37. The van der Waals surface area contributed by atoms with Crippen LogP contribution in [0, 0.1) is 11.8 Å². The van der Waals surface area contributed by atoms with Crippen LogP contribution in [0.3, 0.4) is 0 Å². The fraction of sp³-hybridized carbons (Fsp3) is 0.867. The molecular formula is C15H24F3N3O2. The van der Waals surface area contributed by atoms with Crippen molar-refractivity contribution in [1.29, 1.82) is 0 Å². The van der Waals surface area contributed by atoms with Crippen LogP contribution in [0.2, 0.25) is 0 Å². The lowest BCUT2D eigenvalue weighted by Crippen LogP contribution is -2.49. The van der Waals surface area contributed by atoms with Crippen LogP contribution >= 0.6 is 0 Å². The fourth-order valence-corrected chi connectivity index (χ4v) is 3.51. The van der Waals surface area contributed by atoms with Gasteiger partial charge >= 0.3 is 12.2 Å². The molecule has 3 amide bonds. The molecule has 0 radical (unpaired) electrons. The number of rotatable bonds is 3. The summed E-state index contributed by atoms with van der Waals surface area (Å²) in [6.45, 7) is 1.03. The normalized spacial score (nSPS) is 26.8. The number of primary amides is 1. The molecule has 1 aliphatic carbocycles. The topological polar surface area (TPSA) is 75.4 Å². The monoisotopic (exact) mass is 335 g/mol. The molecule has 0 aromatic carbocycles. The third-order valence-electron chi connectivity index (χ3n) is 4.86. The number of likely N-dealkylation sites (tertiary alicyclic amines) is 1. The van der Waals surface area contributed by atoms with Gasteiger partial charge in [0, 0.05) is 25.6 Å². The highest BCUT2D eigenvalue weighted by molar-refractivity contribution is 5.75. The summed E-state index contributed by atoms with van der Waals surface area (Å²) >= 11 is 0. The van der Waals surface area contributed by atoms with Crippen LogP contribution in [0.4, 0.5) is 18.0 Å². The highest BCUT2D eigenvalue weighted by Gasteiger charge is 2.42. The smallest absolute Gasteiger partial charge is 0.370 e. The minimum absolute atomic E-state index is 0.0343. The lowest BCUT2D eigenvalue weighted by molar-refractivity contribution is -0.183. The van der Waals surface area contributed by atoms with Gasteiger partial charge in [-0.2, -0.15) is 13.2 Å². The molecule has 0 bridgehead atoms. The zero-order valence-electron chi connectivity index (χ0n) is 13.1. The van der Waals surface area contributed by atoms with Crippen molar-refractivity contribution in [1.82, 2.24) is 10.2 Å². The molecule has 0 aromatic heterocycles. The molecular weight excluding hydrogens is 311 g/mol. The van der Waals surface area contributed by atoms with E-state index in [0.29, 0.717) is 45.2 Å². The van der Waals surface area contributed by atoms with Gasteiger partial charge in [-0.1, -0.05) is 6.42 Å². The Labute approximate surface area is 133 Å². The molecule has 0 spiro atoms. The van der Waals surface area contributed by atoms with Gasteiger partial charge in [-0.15, -0.1) is 0 Å². The largest absolute Gasteiger partial charge is 0.391 e. The Morgan fingerprint density at radius 2 is 1.78 bits per heavy atom. The molecule has 1 saturated carbocycles. The van der Waals surface area contributed by atoms with Crippen LogP contribution in [-0.4, -0.2) is 42.1 Å². The molecule has 1 aliphatic heterocycles. The molecule has 5 nitrogen and oxygen atoms in total. The molecule has 8 heteroatoms.